The summed E-state index contributed by atoms with van der Waals surface area (Å²) in [5.41, 5.74) is 0.954. The molecule has 0 amide bonds. The Balaban J connectivity index is 2.50. The highest BCUT2D eigenvalue weighted by molar-refractivity contribution is 7.09. The van der Waals surface area contributed by atoms with E-state index in [4.69, 9.17) is 9.84 Å². The molecule has 0 spiro atoms. The van der Waals surface area contributed by atoms with E-state index in [1.54, 1.807) is 11.3 Å². The molecule has 1 rings (SSSR count). The number of hydrogen-bond donors (Lipinski definition) is 1. The maximum Gasteiger partial charge on any atom is 0.306 e. The van der Waals surface area contributed by atoms with Gasteiger partial charge in [0.15, 0.2) is 0 Å². The van der Waals surface area contributed by atoms with Gasteiger partial charge in [0.05, 0.1) is 24.2 Å². The van der Waals surface area contributed by atoms with Gasteiger partial charge in [-0.1, -0.05) is 13.8 Å². The van der Waals surface area contributed by atoms with Crippen molar-refractivity contribution in [3.63, 3.8) is 0 Å². The van der Waals surface area contributed by atoms with Crippen molar-refractivity contribution >= 4 is 17.3 Å². The monoisotopic (exact) mass is 285 g/mol. The highest BCUT2D eigenvalue weighted by Crippen LogP contribution is 2.28. The molecule has 0 saturated heterocycles. The summed E-state index contributed by atoms with van der Waals surface area (Å²) in [6, 6.07) is 0. The third kappa shape index (κ3) is 6.16. The van der Waals surface area contributed by atoms with Gasteiger partial charge < -0.3 is 9.84 Å². The zero-order valence-corrected chi connectivity index (χ0v) is 12.8. The van der Waals surface area contributed by atoms with Gasteiger partial charge in [-0.15, -0.1) is 11.3 Å². The molecule has 19 heavy (non-hydrogen) atoms. The number of rotatable bonds is 8. The van der Waals surface area contributed by atoms with E-state index in [2.05, 4.69) is 24.2 Å². The van der Waals surface area contributed by atoms with Gasteiger partial charge in [0.25, 0.3) is 0 Å². The third-order valence-electron chi connectivity index (χ3n) is 2.92. The molecular formula is C14H23NO3S. The Morgan fingerprint density at radius 3 is 2.84 bits per heavy atom. The fourth-order valence-electron chi connectivity index (χ4n) is 1.90. The minimum Gasteiger partial charge on any atom is -0.469 e. The summed E-state index contributed by atoms with van der Waals surface area (Å²) in [5, 5.41) is 11.9. The van der Waals surface area contributed by atoms with E-state index in [-0.39, 0.29) is 18.0 Å². The highest BCUT2D eigenvalue weighted by Gasteiger charge is 2.24. The van der Waals surface area contributed by atoms with Crippen molar-refractivity contribution in [1.82, 2.24) is 4.98 Å². The summed E-state index contributed by atoms with van der Waals surface area (Å²) in [7, 11) is 1.42. The lowest BCUT2D eigenvalue weighted by Gasteiger charge is -2.21. The number of thiazole rings is 1. The normalized spacial score (nSPS) is 11.6. The molecule has 108 valence electrons. The van der Waals surface area contributed by atoms with Crippen LogP contribution in [0.4, 0.5) is 0 Å². The molecule has 0 aliphatic heterocycles. The van der Waals surface area contributed by atoms with Gasteiger partial charge in [-0.2, -0.15) is 0 Å². The molecule has 0 saturated carbocycles. The van der Waals surface area contributed by atoms with E-state index in [9.17, 15) is 4.79 Å². The molecule has 0 aromatic carbocycles. The quantitative estimate of drug-likeness (QED) is 0.589. The molecule has 1 N–H and O–H groups in total. The Labute approximate surface area is 118 Å². The first-order chi connectivity index (χ1) is 8.96. The second kappa shape index (κ2) is 7.60. The Morgan fingerprint density at radius 1 is 1.47 bits per heavy atom. The van der Waals surface area contributed by atoms with Crippen LogP contribution in [0.15, 0.2) is 5.38 Å². The first kappa shape index (κ1) is 16.1. The van der Waals surface area contributed by atoms with Crippen LogP contribution in [-0.2, 0) is 22.4 Å². The number of esters is 1. The number of aromatic nitrogens is 1. The first-order valence-corrected chi connectivity index (χ1v) is 7.46. The molecule has 4 nitrogen and oxygen atoms in total. The van der Waals surface area contributed by atoms with Gasteiger partial charge in [0.2, 0.25) is 0 Å². The smallest absolute Gasteiger partial charge is 0.306 e. The number of carbonyl (C=O) groups excluding carboxylic acids is 1. The molecule has 0 atom stereocenters. The van der Waals surface area contributed by atoms with Crippen molar-refractivity contribution in [1.29, 1.82) is 0 Å². The van der Waals surface area contributed by atoms with Crippen LogP contribution in [0.25, 0.3) is 0 Å². The van der Waals surface area contributed by atoms with Gasteiger partial charge in [-0.05, 0) is 24.7 Å². The third-order valence-corrected chi connectivity index (χ3v) is 3.82. The molecule has 1 aromatic rings. The number of ether oxygens (including phenoxy) is 1. The van der Waals surface area contributed by atoms with E-state index in [1.807, 2.05) is 0 Å². The summed E-state index contributed by atoms with van der Waals surface area (Å²) in [4.78, 5) is 15.9. The van der Waals surface area contributed by atoms with Crippen LogP contribution < -0.4 is 0 Å². The van der Waals surface area contributed by atoms with Crippen LogP contribution in [0.1, 0.15) is 43.8 Å². The standard InChI is InChI=1S/C14H23NO3S/c1-14(2,9-13(17)18-3)8-12-15-11(10-19-12)6-4-5-7-16/h10,16H,4-9H2,1-3H3. The molecule has 5 heteroatoms. The lowest BCUT2D eigenvalue weighted by atomic mass is 9.86. The molecule has 0 bridgehead atoms. The number of aliphatic hydroxyl groups is 1. The summed E-state index contributed by atoms with van der Waals surface area (Å²) < 4.78 is 4.71. The number of unbranched alkanes of at least 4 members (excludes halogenated alkanes) is 1. The summed E-state index contributed by atoms with van der Waals surface area (Å²) in [5.74, 6) is -0.176. The second-order valence-electron chi connectivity index (χ2n) is 5.51. The van der Waals surface area contributed by atoms with Crippen molar-refractivity contribution in [2.24, 2.45) is 5.41 Å². The minimum absolute atomic E-state index is 0.132. The number of carbonyl (C=O) groups is 1. The molecule has 0 unspecified atom stereocenters. The average molecular weight is 285 g/mol. The summed E-state index contributed by atoms with van der Waals surface area (Å²) in [6.45, 7) is 4.34. The zero-order valence-electron chi connectivity index (χ0n) is 11.9. The Morgan fingerprint density at radius 2 is 2.21 bits per heavy atom. The molecule has 0 fully saturated rings. The summed E-state index contributed by atoms with van der Waals surface area (Å²) in [6.07, 6.45) is 3.89. The maximum atomic E-state index is 11.3. The van der Waals surface area contributed by atoms with Gasteiger partial charge in [0, 0.05) is 18.4 Å². The van der Waals surface area contributed by atoms with Crippen molar-refractivity contribution < 1.29 is 14.6 Å². The first-order valence-electron chi connectivity index (χ1n) is 6.58. The van der Waals surface area contributed by atoms with Crippen LogP contribution in [0.3, 0.4) is 0 Å². The lowest BCUT2D eigenvalue weighted by molar-refractivity contribution is -0.142. The van der Waals surface area contributed by atoms with Crippen molar-refractivity contribution in [3.05, 3.63) is 16.1 Å². The van der Waals surface area contributed by atoms with E-state index in [1.165, 1.54) is 7.11 Å². The molecule has 0 aliphatic rings. The molecule has 0 aliphatic carbocycles. The highest BCUT2D eigenvalue weighted by atomic mass is 32.1. The van der Waals surface area contributed by atoms with Crippen LogP contribution >= 0.6 is 11.3 Å². The number of hydrogen-bond acceptors (Lipinski definition) is 5. The average Bonchev–Trinajstić information content (AvgIpc) is 2.75. The fraction of sp³-hybridized carbons (Fsp3) is 0.714. The number of aryl methyl sites for hydroxylation is 1. The van der Waals surface area contributed by atoms with Gasteiger partial charge in [0.1, 0.15) is 0 Å². The molecule has 1 heterocycles. The Kier molecular flexibility index (Phi) is 6.45. The van der Waals surface area contributed by atoms with Crippen molar-refractivity contribution in [2.45, 2.75) is 46.0 Å². The number of nitrogens with zero attached hydrogens (tertiary/aromatic N) is 1. The fourth-order valence-corrected chi connectivity index (χ4v) is 2.98. The molecular weight excluding hydrogens is 262 g/mol. The minimum atomic E-state index is -0.176. The summed E-state index contributed by atoms with van der Waals surface area (Å²) >= 11 is 1.64. The Bertz CT molecular complexity index is 401. The van der Waals surface area contributed by atoms with Crippen LogP contribution in [0, 0.1) is 5.41 Å². The van der Waals surface area contributed by atoms with Gasteiger partial charge in [-0.25, -0.2) is 4.98 Å². The van der Waals surface area contributed by atoms with E-state index >= 15 is 0 Å². The van der Waals surface area contributed by atoms with Crippen LogP contribution in [-0.4, -0.2) is 29.8 Å². The van der Waals surface area contributed by atoms with Crippen molar-refractivity contribution in [3.8, 4) is 0 Å². The maximum absolute atomic E-state index is 11.3. The van der Waals surface area contributed by atoms with Crippen molar-refractivity contribution in [2.75, 3.05) is 13.7 Å². The number of methoxy groups -OCH3 is 1. The zero-order chi connectivity index (χ0) is 14.3. The largest absolute Gasteiger partial charge is 0.469 e. The Hall–Kier alpha value is -0.940. The van der Waals surface area contributed by atoms with E-state index in [0.717, 1.165) is 36.4 Å². The topological polar surface area (TPSA) is 59.4 Å². The number of aliphatic hydroxyl groups excluding tert-OH is 1. The second-order valence-corrected chi connectivity index (χ2v) is 6.45. The van der Waals surface area contributed by atoms with E-state index in [0.29, 0.717) is 6.42 Å². The van der Waals surface area contributed by atoms with E-state index < -0.39 is 0 Å². The molecule has 0 radical (unpaired) electrons. The van der Waals surface area contributed by atoms with Gasteiger partial charge in [-0.3, -0.25) is 4.79 Å². The SMILES string of the molecule is COC(=O)CC(C)(C)Cc1nc(CCCCO)cs1. The van der Waals surface area contributed by atoms with Crippen LogP contribution in [0.2, 0.25) is 0 Å². The molecule has 1 aromatic heterocycles. The van der Waals surface area contributed by atoms with Crippen LogP contribution in [0.5, 0.6) is 0 Å². The predicted octanol–water partition coefficient (Wildman–Crippen LogP) is 2.59. The lowest BCUT2D eigenvalue weighted by Crippen LogP contribution is -2.20. The van der Waals surface area contributed by atoms with Gasteiger partial charge >= 0.3 is 5.97 Å². The predicted molar refractivity (Wildman–Crippen MR) is 76.3 cm³/mol.